The lowest BCUT2D eigenvalue weighted by Gasteiger charge is -2.25. The third-order valence-electron chi connectivity index (χ3n) is 7.53. The second kappa shape index (κ2) is 11.1. The van der Waals surface area contributed by atoms with E-state index in [0.29, 0.717) is 17.4 Å². The fourth-order valence-corrected chi connectivity index (χ4v) is 5.80. The molecule has 0 radical (unpaired) electrons. The smallest absolute Gasteiger partial charge is 0.355 e. The maximum Gasteiger partial charge on any atom is 0.453 e. The van der Waals surface area contributed by atoms with Crippen LogP contribution in [0.5, 0.6) is 0 Å². The summed E-state index contributed by atoms with van der Waals surface area (Å²) >= 11 is 6.27. The van der Waals surface area contributed by atoms with Gasteiger partial charge in [-0.1, -0.05) is 35.9 Å². The minimum atomic E-state index is -4.73. The molecule has 6 rings (SSSR count). The zero-order valence-corrected chi connectivity index (χ0v) is 22.5. The summed E-state index contributed by atoms with van der Waals surface area (Å²) in [6.45, 7) is 2.34. The van der Waals surface area contributed by atoms with Crippen LogP contribution in [0.1, 0.15) is 42.6 Å². The molecule has 1 atom stereocenters. The number of para-hydroxylation sites is 1. The van der Waals surface area contributed by atoms with Crippen molar-refractivity contribution in [2.75, 3.05) is 23.7 Å². The average Bonchev–Trinajstić information content (AvgIpc) is 3.56. The van der Waals surface area contributed by atoms with Gasteiger partial charge < -0.3 is 15.5 Å². The number of likely N-dealkylation sites (tertiary alicyclic amines) is 1. The maximum absolute atomic E-state index is 13.7. The van der Waals surface area contributed by atoms with Gasteiger partial charge in [-0.25, -0.2) is 4.98 Å². The lowest BCUT2D eigenvalue weighted by molar-refractivity contribution is -0.144. The van der Waals surface area contributed by atoms with Gasteiger partial charge in [0.2, 0.25) is 5.95 Å². The molecule has 4 aromatic rings. The van der Waals surface area contributed by atoms with E-state index in [1.54, 1.807) is 12.1 Å². The highest BCUT2D eigenvalue weighted by molar-refractivity contribution is 6.29. The standard InChI is InChI=1S/C29H29ClF3N7/c30-25-17-23(34-21-6-2-1-3-7-21)18-26(36-25)40-28(37-27(38-40)29(31,32)33)35-22-11-8-19-9-12-24(13-10-20(19)16-22)39-14-4-5-15-39/h1-3,6-8,11,16-18,24H,4-5,9-10,12-15H2,(H,34,36)(H,35,37,38). The SMILES string of the molecule is FC(F)(F)c1nc(Nc2ccc3c(c2)CCC(N2CCCC2)CC3)n(-c2cc(Nc3ccccc3)cc(Cl)n2)n1. The van der Waals surface area contributed by atoms with Gasteiger partial charge in [0.15, 0.2) is 5.82 Å². The van der Waals surface area contributed by atoms with Crippen molar-refractivity contribution in [3.8, 4) is 5.82 Å². The third kappa shape index (κ3) is 5.93. The van der Waals surface area contributed by atoms with E-state index in [2.05, 4.69) is 36.7 Å². The Bertz CT molecular complexity index is 1480. The largest absolute Gasteiger partial charge is 0.453 e. The topological polar surface area (TPSA) is 70.9 Å². The van der Waals surface area contributed by atoms with Crippen molar-refractivity contribution in [3.05, 3.63) is 82.8 Å². The first-order chi connectivity index (χ1) is 19.3. The van der Waals surface area contributed by atoms with E-state index >= 15 is 0 Å². The number of fused-ring (bicyclic) bond motifs is 1. The van der Waals surface area contributed by atoms with Gasteiger partial charge in [-0.05, 0) is 93.1 Å². The van der Waals surface area contributed by atoms with Crippen molar-refractivity contribution in [2.24, 2.45) is 0 Å². The van der Waals surface area contributed by atoms with E-state index in [1.165, 1.54) is 37.1 Å². The van der Waals surface area contributed by atoms with Crippen molar-refractivity contribution in [1.29, 1.82) is 0 Å². The molecule has 1 aliphatic carbocycles. The van der Waals surface area contributed by atoms with Crippen LogP contribution in [-0.4, -0.2) is 43.8 Å². The molecule has 0 amide bonds. The van der Waals surface area contributed by atoms with E-state index in [4.69, 9.17) is 11.6 Å². The predicted octanol–water partition coefficient (Wildman–Crippen LogP) is 7.16. The summed E-state index contributed by atoms with van der Waals surface area (Å²) in [5.41, 5.74) is 4.49. The van der Waals surface area contributed by atoms with Crippen molar-refractivity contribution in [3.63, 3.8) is 0 Å². The zero-order valence-electron chi connectivity index (χ0n) is 21.8. The van der Waals surface area contributed by atoms with Crippen LogP contribution in [0.3, 0.4) is 0 Å². The Hall–Kier alpha value is -3.63. The van der Waals surface area contributed by atoms with Crippen LogP contribution in [-0.2, 0) is 19.0 Å². The highest BCUT2D eigenvalue weighted by Crippen LogP contribution is 2.32. The Kier molecular flexibility index (Phi) is 7.37. The molecule has 208 valence electrons. The van der Waals surface area contributed by atoms with Gasteiger partial charge in [-0.2, -0.15) is 22.8 Å². The zero-order chi connectivity index (χ0) is 27.7. The van der Waals surface area contributed by atoms with E-state index in [-0.39, 0.29) is 16.9 Å². The van der Waals surface area contributed by atoms with Crippen LogP contribution < -0.4 is 10.6 Å². The summed E-state index contributed by atoms with van der Waals surface area (Å²) < 4.78 is 42.1. The fraction of sp³-hybridized carbons (Fsp3) is 0.345. The summed E-state index contributed by atoms with van der Waals surface area (Å²) in [6.07, 6.45) is 1.93. The lowest BCUT2D eigenvalue weighted by atomic mass is 10.0. The Balaban J connectivity index is 1.29. The Morgan fingerprint density at radius 1 is 0.800 bits per heavy atom. The molecule has 1 unspecified atom stereocenters. The van der Waals surface area contributed by atoms with Crippen LogP contribution in [0.2, 0.25) is 5.15 Å². The number of hydrogen-bond donors (Lipinski definition) is 2. The van der Waals surface area contributed by atoms with Crippen LogP contribution in [0.25, 0.3) is 5.82 Å². The van der Waals surface area contributed by atoms with Gasteiger partial charge in [0, 0.05) is 29.2 Å². The first-order valence-corrected chi connectivity index (χ1v) is 13.9. The Morgan fingerprint density at radius 2 is 1.55 bits per heavy atom. The Labute approximate surface area is 235 Å². The Morgan fingerprint density at radius 3 is 2.30 bits per heavy atom. The molecule has 2 aromatic carbocycles. The highest BCUT2D eigenvalue weighted by atomic mass is 35.5. The second-order valence-corrected chi connectivity index (χ2v) is 10.7. The fourth-order valence-electron chi connectivity index (χ4n) is 5.59. The number of nitrogens with zero attached hydrogens (tertiary/aromatic N) is 5. The van der Waals surface area contributed by atoms with Gasteiger partial charge >= 0.3 is 6.18 Å². The average molecular weight is 568 g/mol. The molecular formula is C29H29ClF3N7. The van der Waals surface area contributed by atoms with Crippen molar-refractivity contribution in [2.45, 2.75) is 50.7 Å². The number of aryl methyl sites for hydroxylation is 2. The lowest BCUT2D eigenvalue weighted by Crippen LogP contribution is -2.32. The van der Waals surface area contributed by atoms with Crippen LogP contribution >= 0.6 is 11.6 Å². The molecule has 2 N–H and O–H groups in total. The predicted molar refractivity (Wildman–Crippen MR) is 150 cm³/mol. The van der Waals surface area contributed by atoms with Gasteiger partial charge in [0.1, 0.15) is 5.15 Å². The molecule has 11 heteroatoms. The van der Waals surface area contributed by atoms with E-state index in [1.807, 2.05) is 42.5 Å². The summed E-state index contributed by atoms with van der Waals surface area (Å²) in [7, 11) is 0. The number of alkyl halides is 3. The summed E-state index contributed by atoms with van der Waals surface area (Å²) in [4.78, 5) is 10.6. The molecule has 2 aliphatic rings. The molecule has 1 fully saturated rings. The van der Waals surface area contributed by atoms with Crippen molar-refractivity contribution in [1.82, 2.24) is 24.6 Å². The molecule has 0 saturated carbocycles. The number of anilines is 4. The van der Waals surface area contributed by atoms with Crippen LogP contribution in [0.15, 0.2) is 60.7 Å². The number of halogens is 4. The normalized spacial score (nSPS) is 17.9. The number of aromatic nitrogens is 4. The third-order valence-corrected chi connectivity index (χ3v) is 7.73. The van der Waals surface area contributed by atoms with Crippen molar-refractivity contribution >= 4 is 34.6 Å². The molecule has 40 heavy (non-hydrogen) atoms. The van der Waals surface area contributed by atoms with Gasteiger partial charge in [-0.15, -0.1) is 5.10 Å². The molecular weight excluding hydrogens is 539 g/mol. The molecule has 3 heterocycles. The van der Waals surface area contributed by atoms with Crippen LogP contribution in [0, 0.1) is 0 Å². The second-order valence-electron chi connectivity index (χ2n) is 10.3. The molecule has 2 aromatic heterocycles. The van der Waals surface area contributed by atoms with Crippen molar-refractivity contribution < 1.29 is 13.2 Å². The van der Waals surface area contributed by atoms with E-state index in [9.17, 15) is 13.2 Å². The number of benzene rings is 2. The van der Waals surface area contributed by atoms with E-state index < -0.39 is 12.0 Å². The van der Waals surface area contributed by atoms with Crippen LogP contribution in [0.4, 0.5) is 36.2 Å². The van der Waals surface area contributed by atoms with Gasteiger partial charge in [0.05, 0.1) is 0 Å². The number of pyridine rings is 1. The number of nitrogens with one attached hydrogen (secondary N) is 2. The summed E-state index contributed by atoms with van der Waals surface area (Å²) in [6, 6.07) is 19.1. The quantitative estimate of drug-likeness (QED) is 0.190. The summed E-state index contributed by atoms with van der Waals surface area (Å²) in [5, 5.41) is 10.1. The van der Waals surface area contributed by atoms with E-state index in [0.717, 1.165) is 36.1 Å². The maximum atomic E-state index is 13.7. The van der Waals surface area contributed by atoms with Gasteiger partial charge in [0.25, 0.3) is 5.82 Å². The highest BCUT2D eigenvalue weighted by Gasteiger charge is 2.37. The molecule has 7 nitrogen and oxygen atoms in total. The molecule has 0 spiro atoms. The number of rotatable bonds is 6. The number of hydrogen-bond acceptors (Lipinski definition) is 6. The monoisotopic (exact) mass is 567 g/mol. The molecule has 0 bridgehead atoms. The van der Waals surface area contributed by atoms with Gasteiger partial charge in [-0.3, -0.25) is 0 Å². The minimum absolute atomic E-state index is 0.0969. The first kappa shape index (κ1) is 26.6. The summed E-state index contributed by atoms with van der Waals surface area (Å²) in [5.74, 6) is -1.27. The first-order valence-electron chi connectivity index (χ1n) is 13.5. The molecule has 1 aliphatic heterocycles. The minimum Gasteiger partial charge on any atom is -0.355 e. The molecule has 1 saturated heterocycles.